The van der Waals surface area contributed by atoms with Crippen LogP contribution >= 0.6 is 0 Å². The van der Waals surface area contributed by atoms with Crippen LogP contribution in [0.3, 0.4) is 0 Å². The summed E-state index contributed by atoms with van der Waals surface area (Å²) in [5.74, 6) is 0. The van der Waals surface area contributed by atoms with Gasteiger partial charge in [0.25, 0.3) is 6.71 Å². The molecule has 0 fully saturated rings. The molecule has 86 heavy (non-hydrogen) atoms. The van der Waals surface area contributed by atoms with Crippen LogP contribution in [-0.2, 0) is 32.5 Å². The van der Waals surface area contributed by atoms with Crippen molar-refractivity contribution in [2.75, 3.05) is 9.80 Å². The molecular weight excluding hydrogens is 1060 g/mol. The van der Waals surface area contributed by atoms with E-state index in [1.165, 1.54) is 139 Å². The molecule has 0 unspecified atom stereocenters. The fourth-order valence-electron chi connectivity index (χ4n) is 17.5. The standard InChI is InChI=1S/C81H81BN2OSi/c1-50-41-68-73-69(42-50)84(66-47-63-61(78(6,7)37-39-80(63,10)11)44-56(66)51-25-17-14-18-26-51)67-46-57-55-31-23-24-32-71(55)86(53-27-19-15-20-28-53,54-29-21-16-22-30-54)72(57)49-65(67)82(73)75-74(58-45-62-64(48-70(58)85-75)81(12,13)40-38-79(62,8)9)83(68)52-33-34-59-60(43-52)77(4,5)36-35-76(59,2)3/h14-34,41-49H,35-40H2,1-13H3. The van der Waals surface area contributed by atoms with Crippen LogP contribution in [0.2, 0.25) is 0 Å². The van der Waals surface area contributed by atoms with Crippen molar-refractivity contribution in [3.8, 4) is 22.3 Å². The first-order valence-corrected chi connectivity index (χ1v) is 34.2. The molecular formula is C81H81BN2OSi. The molecule has 5 heteroatoms. The molecule has 10 aromatic rings. The van der Waals surface area contributed by atoms with Crippen LogP contribution in [0, 0.1) is 6.92 Å². The predicted molar refractivity (Wildman–Crippen MR) is 369 cm³/mol. The maximum atomic E-state index is 8.01. The summed E-state index contributed by atoms with van der Waals surface area (Å²) in [7, 11) is -2.98. The van der Waals surface area contributed by atoms with Crippen molar-refractivity contribution in [3.63, 3.8) is 0 Å². The van der Waals surface area contributed by atoms with Crippen LogP contribution in [0.25, 0.3) is 33.2 Å². The third-order valence-corrected chi connectivity index (χ3v) is 27.6. The second-order valence-electron chi connectivity index (χ2n) is 30.8. The topological polar surface area (TPSA) is 19.6 Å². The van der Waals surface area contributed by atoms with Crippen molar-refractivity contribution in [3.05, 3.63) is 221 Å². The van der Waals surface area contributed by atoms with E-state index in [1.807, 2.05) is 0 Å². The largest absolute Gasteiger partial charge is 0.468 e. The number of nitrogens with zero attached hydrogens (tertiary/aromatic N) is 2. The Bertz CT molecular complexity index is 4460. The summed E-state index contributed by atoms with van der Waals surface area (Å²) in [6, 6.07) is 72.3. The number of hydrogen-bond acceptors (Lipinski definition) is 3. The summed E-state index contributed by atoms with van der Waals surface area (Å²) < 4.78 is 8.01. The maximum Gasteiger partial charge on any atom is 0.297 e. The summed E-state index contributed by atoms with van der Waals surface area (Å²) in [4.78, 5) is 5.44. The first-order chi connectivity index (χ1) is 41.0. The Balaban J connectivity index is 1.08. The summed E-state index contributed by atoms with van der Waals surface area (Å²) in [5.41, 5.74) is 27.1. The number of aryl methyl sites for hydroxylation is 1. The van der Waals surface area contributed by atoms with Gasteiger partial charge in [0.1, 0.15) is 5.58 Å². The molecule has 1 aromatic heterocycles. The van der Waals surface area contributed by atoms with Gasteiger partial charge in [-0.2, -0.15) is 0 Å². The van der Waals surface area contributed by atoms with Crippen LogP contribution in [-0.4, -0.2) is 14.8 Å². The third-order valence-electron chi connectivity index (χ3n) is 22.7. The van der Waals surface area contributed by atoms with E-state index in [4.69, 9.17) is 4.42 Å². The minimum atomic E-state index is -2.98. The van der Waals surface area contributed by atoms with Crippen molar-refractivity contribution < 1.29 is 4.42 Å². The molecule has 0 atom stereocenters. The Morgan fingerprint density at radius 2 is 0.895 bits per heavy atom. The normalized spacial score (nSPS) is 19.5. The molecule has 16 rings (SSSR count). The Morgan fingerprint density at radius 1 is 0.395 bits per heavy atom. The highest BCUT2D eigenvalue weighted by Gasteiger charge is 2.54. The minimum absolute atomic E-state index is 0.00159. The molecule has 6 aliphatic rings. The number of benzene rings is 9. The number of fused-ring (bicyclic) bond motifs is 12. The van der Waals surface area contributed by atoms with Crippen molar-refractivity contribution in [1.29, 1.82) is 0 Å². The highest BCUT2D eigenvalue weighted by molar-refractivity contribution is 7.22. The first kappa shape index (κ1) is 53.8. The Hall–Kier alpha value is -7.60. The van der Waals surface area contributed by atoms with E-state index >= 15 is 0 Å². The maximum absolute atomic E-state index is 8.01. The van der Waals surface area contributed by atoms with Gasteiger partial charge in [-0.3, -0.25) is 0 Å². The lowest BCUT2D eigenvalue weighted by molar-refractivity contribution is 0.332. The molecule has 0 saturated heterocycles. The summed E-state index contributed by atoms with van der Waals surface area (Å²) in [6.07, 6.45) is 6.86. The molecule has 4 heterocycles. The molecule has 0 spiro atoms. The second kappa shape index (κ2) is 18.0. The van der Waals surface area contributed by atoms with Crippen molar-refractivity contribution in [2.24, 2.45) is 0 Å². The van der Waals surface area contributed by atoms with Crippen LogP contribution in [0.5, 0.6) is 0 Å². The summed E-state index contributed by atoms with van der Waals surface area (Å²) in [5, 5.41) is 6.91. The fourth-order valence-corrected chi connectivity index (χ4v) is 22.7. The van der Waals surface area contributed by atoms with E-state index in [0.29, 0.717) is 0 Å². The van der Waals surface area contributed by atoms with E-state index < -0.39 is 8.07 Å². The molecule has 0 saturated carbocycles. The van der Waals surface area contributed by atoms with Gasteiger partial charge in [-0.25, -0.2) is 0 Å². The molecule has 0 amide bonds. The number of anilines is 6. The van der Waals surface area contributed by atoms with Gasteiger partial charge in [0.2, 0.25) is 0 Å². The van der Waals surface area contributed by atoms with Gasteiger partial charge in [-0.05, 0) is 220 Å². The summed E-state index contributed by atoms with van der Waals surface area (Å²) in [6.45, 7) is 31.8. The van der Waals surface area contributed by atoms with E-state index in [-0.39, 0.29) is 39.2 Å². The van der Waals surface area contributed by atoms with Gasteiger partial charge >= 0.3 is 0 Å². The van der Waals surface area contributed by atoms with E-state index in [0.717, 1.165) is 43.3 Å². The van der Waals surface area contributed by atoms with Gasteiger partial charge in [0.05, 0.1) is 17.0 Å². The zero-order valence-electron chi connectivity index (χ0n) is 52.9. The van der Waals surface area contributed by atoms with Crippen molar-refractivity contribution in [2.45, 2.75) is 161 Å². The number of hydrogen-bond donors (Lipinski definition) is 0. The predicted octanol–water partition coefficient (Wildman–Crippen LogP) is 16.9. The van der Waals surface area contributed by atoms with Crippen molar-refractivity contribution in [1.82, 2.24) is 0 Å². The molecule has 9 aromatic carbocycles. The smallest absolute Gasteiger partial charge is 0.297 e. The Labute approximate surface area is 512 Å². The molecule has 3 aliphatic heterocycles. The third kappa shape index (κ3) is 7.45. The SMILES string of the molecule is Cc1cc2c3c(c1)N(c1ccc4c(c1)C(C)(C)CCC4(C)C)c1c(oc4cc5c(cc14)C(C)(C)CCC5(C)C)B3c1cc3c(cc1N2c1cc2c(cc1-c1ccccc1)C(C)(C)CCC2(C)C)-c1ccccc1[Si]3(c1ccccc1)c1ccccc1. The second-order valence-corrected chi connectivity index (χ2v) is 34.6. The number of furan rings is 1. The highest BCUT2D eigenvalue weighted by Crippen LogP contribution is 2.56. The van der Waals surface area contributed by atoms with Crippen LogP contribution in [0.15, 0.2) is 186 Å². The first-order valence-electron chi connectivity index (χ1n) is 32.2. The van der Waals surface area contributed by atoms with Crippen LogP contribution in [0.4, 0.5) is 34.1 Å². The summed E-state index contributed by atoms with van der Waals surface area (Å²) >= 11 is 0. The monoisotopic (exact) mass is 1140 g/mol. The highest BCUT2D eigenvalue weighted by atomic mass is 28.3. The van der Waals surface area contributed by atoms with Crippen molar-refractivity contribution >= 4 is 97.2 Å². The lowest BCUT2D eigenvalue weighted by atomic mass is 9.35. The van der Waals surface area contributed by atoms with Crippen LogP contribution in [0.1, 0.15) is 161 Å². The average Bonchev–Trinajstić information content (AvgIpc) is 1.37. The van der Waals surface area contributed by atoms with Crippen LogP contribution < -0.4 is 47.1 Å². The van der Waals surface area contributed by atoms with E-state index in [1.54, 1.807) is 0 Å². The van der Waals surface area contributed by atoms with E-state index in [2.05, 4.69) is 282 Å². The molecule has 0 N–H and O–H groups in total. The molecule has 3 nitrogen and oxygen atoms in total. The van der Waals surface area contributed by atoms with Gasteiger partial charge in [0.15, 0.2) is 8.07 Å². The number of rotatable bonds is 5. The zero-order valence-corrected chi connectivity index (χ0v) is 53.9. The quantitative estimate of drug-likeness (QED) is 0.160. The minimum Gasteiger partial charge on any atom is -0.468 e. The van der Waals surface area contributed by atoms with Gasteiger partial charge in [-0.1, -0.05) is 210 Å². The van der Waals surface area contributed by atoms with Gasteiger partial charge < -0.3 is 14.2 Å². The fraction of sp³-hybridized carbons (Fsp3) is 0.309. The van der Waals surface area contributed by atoms with Gasteiger partial charge in [0, 0.05) is 33.7 Å². The Kier molecular flexibility index (Phi) is 11.3. The average molecular weight is 1140 g/mol. The van der Waals surface area contributed by atoms with E-state index in [9.17, 15) is 0 Å². The lowest BCUT2D eigenvalue weighted by Crippen LogP contribution is -2.73. The molecule has 3 aliphatic carbocycles. The zero-order chi connectivity index (χ0) is 59.4. The van der Waals surface area contributed by atoms with Gasteiger partial charge in [-0.15, -0.1) is 0 Å². The molecule has 428 valence electrons. The molecule has 0 bridgehead atoms. The molecule has 0 radical (unpaired) electrons. The lowest BCUT2D eigenvalue weighted by Gasteiger charge is -2.46. The Morgan fingerprint density at radius 3 is 1.50 bits per heavy atom.